The van der Waals surface area contributed by atoms with Crippen molar-refractivity contribution >= 4 is 5.82 Å². The highest BCUT2D eigenvalue weighted by atomic mass is 16.1. The number of anilines is 1. The minimum Gasteiger partial charge on any atom is -0.365 e. The minimum atomic E-state index is -0.176. The third kappa shape index (κ3) is 3.20. The largest absolute Gasteiger partial charge is 0.365 e. The Morgan fingerprint density at radius 2 is 2.11 bits per heavy atom. The molecule has 4 heteroatoms. The highest BCUT2D eigenvalue weighted by Crippen LogP contribution is 2.17. The Morgan fingerprint density at radius 1 is 1.33 bits per heavy atom. The van der Waals surface area contributed by atoms with E-state index < -0.39 is 0 Å². The van der Waals surface area contributed by atoms with E-state index in [1.165, 1.54) is 11.8 Å². The predicted molar refractivity (Wildman–Crippen MR) is 72.8 cm³/mol. The molecule has 0 spiro atoms. The quantitative estimate of drug-likeness (QED) is 0.847. The van der Waals surface area contributed by atoms with Crippen molar-refractivity contribution < 1.29 is 0 Å². The lowest BCUT2D eigenvalue weighted by atomic mass is 9.98. The van der Waals surface area contributed by atoms with Crippen molar-refractivity contribution in [2.75, 3.05) is 11.9 Å². The molecule has 0 amide bonds. The predicted octanol–water partition coefficient (Wildman–Crippen LogP) is 2.38. The summed E-state index contributed by atoms with van der Waals surface area (Å²) in [5.74, 6) is 0.847. The molecule has 1 atom stereocenters. The van der Waals surface area contributed by atoms with Crippen molar-refractivity contribution in [2.45, 2.75) is 19.3 Å². The molecule has 1 aromatic heterocycles. The third-order valence-corrected chi connectivity index (χ3v) is 2.95. The summed E-state index contributed by atoms with van der Waals surface area (Å²) in [6.45, 7) is 2.91. The zero-order valence-electron chi connectivity index (χ0n) is 10.4. The van der Waals surface area contributed by atoms with Gasteiger partial charge in [-0.1, -0.05) is 37.3 Å². The van der Waals surface area contributed by atoms with Gasteiger partial charge in [0, 0.05) is 18.9 Å². The number of rotatable bonds is 5. The van der Waals surface area contributed by atoms with Crippen LogP contribution in [0.3, 0.4) is 0 Å². The molecule has 2 rings (SSSR count). The maximum atomic E-state index is 11.4. The molecule has 0 saturated heterocycles. The molecule has 1 unspecified atom stereocenters. The van der Waals surface area contributed by atoms with E-state index in [2.05, 4.69) is 34.3 Å². The molecule has 0 fully saturated rings. The van der Waals surface area contributed by atoms with E-state index in [4.69, 9.17) is 0 Å². The zero-order valence-corrected chi connectivity index (χ0v) is 10.4. The van der Waals surface area contributed by atoms with E-state index in [9.17, 15) is 4.79 Å². The summed E-state index contributed by atoms with van der Waals surface area (Å²) in [4.78, 5) is 18.0. The van der Waals surface area contributed by atoms with Gasteiger partial charge in [0.2, 0.25) is 0 Å². The van der Waals surface area contributed by atoms with Crippen molar-refractivity contribution in [3.05, 3.63) is 58.6 Å². The molecular weight excluding hydrogens is 226 g/mol. The van der Waals surface area contributed by atoms with Gasteiger partial charge in [0.05, 0.1) is 0 Å². The fourth-order valence-corrected chi connectivity index (χ4v) is 1.83. The van der Waals surface area contributed by atoms with Crippen molar-refractivity contribution in [1.82, 2.24) is 9.97 Å². The Kier molecular flexibility index (Phi) is 4.12. The maximum absolute atomic E-state index is 11.4. The number of hydrogen-bond donors (Lipinski definition) is 2. The first-order valence-corrected chi connectivity index (χ1v) is 6.10. The number of nitrogens with one attached hydrogen (secondary N) is 2. The Labute approximate surface area is 106 Å². The Hall–Kier alpha value is -2.10. The molecule has 0 aliphatic rings. The normalized spacial score (nSPS) is 12.1. The summed E-state index contributed by atoms with van der Waals surface area (Å²) >= 11 is 0. The number of hydrogen-bond acceptors (Lipinski definition) is 3. The average molecular weight is 243 g/mol. The first kappa shape index (κ1) is 12.4. The van der Waals surface area contributed by atoms with Crippen LogP contribution in [0.1, 0.15) is 24.8 Å². The van der Waals surface area contributed by atoms with Gasteiger partial charge in [-0.2, -0.15) is 0 Å². The molecule has 94 valence electrons. The van der Waals surface area contributed by atoms with Crippen LogP contribution in [0, 0.1) is 0 Å². The molecule has 18 heavy (non-hydrogen) atoms. The fraction of sp³-hybridized carbons (Fsp3) is 0.286. The van der Waals surface area contributed by atoms with Crippen molar-refractivity contribution in [3.8, 4) is 0 Å². The van der Waals surface area contributed by atoms with E-state index in [1.54, 1.807) is 6.20 Å². The molecule has 0 aliphatic carbocycles. The summed E-state index contributed by atoms with van der Waals surface area (Å²) in [6.07, 6.45) is 4.06. The van der Waals surface area contributed by atoms with Crippen LogP contribution in [0.5, 0.6) is 0 Å². The molecule has 0 bridgehead atoms. The highest BCUT2D eigenvalue weighted by molar-refractivity contribution is 5.30. The SMILES string of the molecule is CC(CCNc1ncc[nH]c1=O)c1ccccc1. The number of nitrogens with zero attached hydrogens (tertiary/aromatic N) is 1. The van der Waals surface area contributed by atoms with Crippen LogP contribution in [0.4, 0.5) is 5.82 Å². The summed E-state index contributed by atoms with van der Waals surface area (Å²) in [6, 6.07) is 10.4. The molecule has 4 nitrogen and oxygen atoms in total. The van der Waals surface area contributed by atoms with Crippen LogP contribution < -0.4 is 10.9 Å². The van der Waals surface area contributed by atoms with Gasteiger partial charge in [-0.3, -0.25) is 4.79 Å². The minimum absolute atomic E-state index is 0.176. The van der Waals surface area contributed by atoms with Gasteiger partial charge in [-0.15, -0.1) is 0 Å². The topological polar surface area (TPSA) is 57.8 Å². The van der Waals surface area contributed by atoms with E-state index in [0.29, 0.717) is 11.7 Å². The van der Waals surface area contributed by atoms with Crippen molar-refractivity contribution in [2.24, 2.45) is 0 Å². The first-order chi connectivity index (χ1) is 8.77. The Bertz CT molecular complexity index is 536. The lowest BCUT2D eigenvalue weighted by Gasteiger charge is -2.12. The van der Waals surface area contributed by atoms with Crippen molar-refractivity contribution in [3.63, 3.8) is 0 Å². The highest BCUT2D eigenvalue weighted by Gasteiger charge is 2.05. The van der Waals surface area contributed by atoms with E-state index in [-0.39, 0.29) is 5.56 Å². The third-order valence-electron chi connectivity index (χ3n) is 2.95. The second-order valence-electron chi connectivity index (χ2n) is 4.29. The smallest absolute Gasteiger partial charge is 0.290 e. The molecule has 2 aromatic rings. The van der Waals surface area contributed by atoms with E-state index in [0.717, 1.165) is 13.0 Å². The van der Waals surface area contributed by atoms with Gasteiger partial charge in [0.25, 0.3) is 5.56 Å². The Morgan fingerprint density at radius 3 is 2.83 bits per heavy atom. The van der Waals surface area contributed by atoms with Crippen LogP contribution >= 0.6 is 0 Å². The zero-order chi connectivity index (χ0) is 12.8. The molecule has 0 radical (unpaired) electrons. The maximum Gasteiger partial charge on any atom is 0.290 e. The van der Waals surface area contributed by atoms with E-state index >= 15 is 0 Å². The number of aromatic nitrogens is 2. The van der Waals surface area contributed by atoms with Crippen LogP contribution in [0.15, 0.2) is 47.5 Å². The fourth-order valence-electron chi connectivity index (χ4n) is 1.83. The van der Waals surface area contributed by atoms with Gasteiger partial charge in [-0.05, 0) is 17.9 Å². The molecule has 2 N–H and O–H groups in total. The second-order valence-corrected chi connectivity index (χ2v) is 4.29. The summed E-state index contributed by atoms with van der Waals surface area (Å²) in [5.41, 5.74) is 1.14. The van der Waals surface area contributed by atoms with Crippen LogP contribution in [0.25, 0.3) is 0 Å². The summed E-state index contributed by atoms with van der Waals surface area (Å²) in [7, 11) is 0. The molecule has 1 aromatic carbocycles. The number of benzene rings is 1. The Balaban J connectivity index is 1.86. The number of H-pyrrole nitrogens is 1. The van der Waals surface area contributed by atoms with E-state index in [1.807, 2.05) is 18.2 Å². The van der Waals surface area contributed by atoms with Gasteiger partial charge in [0.15, 0.2) is 5.82 Å². The molecule has 1 heterocycles. The lowest BCUT2D eigenvalue weighted by molar-refractivity contribution is 0.704. The monoisotopic (exact) mass is 243 g/mol. The average Bonchev–Trinajstić information content (AvgIpc) is 2.42. The van der Waals surface area contributed by atoms with Crippen LogP contribution in [-0.2, 0) is 0 Å². The number of aromatic amines is 1. The molecular formula is C14H17N3O. The molecule has 0 saturated carbocycles. The second kappa shape index (κ2) is 6.00. The van der Waals surface area contributed by atoms with Crippen molar-refractivity contribution in [1.29, 1.82) is 0 Å². The van der Waals surface area contributed by atoms with Gasteiger partial charge >= 0.3 is 0 Å². The van der Waals surface area contributed by atoms with Crippen LogP contribution in [0.2, 0.25) is 0 Å². The molecule has 0 aliphatic heterocycles. The van der Waals surface area contributed by atoms with Gasteiger partial charge in [0.1, 0.15) is 0 Å². The standard InChI is InChI=1S/C14H17N3O/c1-11(12-5-3-2-4-6-12)7-8-15-13-14(18)17-10-9-16-13/h2-6,9-11H,7-8H2,1H3,(H,15,16)(H,17,18). The summed E-state index contributed by atoms with van der Waals surface area (Å²) in [5, 5.41) is 3.06. The van der Waals surface area contributed by atoms with Gasteiger partial charge in [-0.25, -0.2) is 4.98 Å². The van der Waals surface area contributed by atoms with Gasteiger partial charge < -0.3 is 10.3 Å². The van der Waals surface area contributed by atoms with Crippen LogP contribution in [-0.4, -0.2) is 16.5 Å². The first-order valence-electron chi connectivity index (χ1n) is 6.10. The lowest BCUT2D eigenvalue weighted by Crippen LogP contribution is -2.17. The summed E-state index contributed by atoms with van der Waals surface area (Å²) < 4.78 is 0.